The minimum absolute atomic E-state index is 0.0826. The molecule has 1 N–H and O–H groups in total. The molecule has 0 saturated heterocycles. The Bertz CT molecular complexity index is 889. The fraction of sp³-hybridized carbons (Fsp3) is 0.211. The molecular weight excluding hydrogens is 348 g/mol. The average Bonchev–Trinajstić information content (AvgIpc) is 3.02. The number of thioether (sulfide) groups is 1. The molecule has 3 aromatic rings. The third kappa shape index (κ3) is 4.23. The van der Waals surface area contributed by atoms with Crippen LogP contribution in [0.4, 0.5) is 5.69 Å². The summed E-state index contributed by atoms with van der Waals surface area (Å²) >= 11 is 1.35. The molecule has 1 heterocycles. The minimum Gasteiger partial charge on any atom is -0.497 e. The molecule has 2 aromatic carbocycles. The summed E-state index contributed by atoms with van der Waals surface area (Å²) in [5.74, 6) is 1.71. The number of hydrogen-bond acceptors (Lipinski definition) is 5. The summed E-state index contributed by atoms with van der Waals surface area (Å²) in [4.78, 5) is 12.2. The smallest absolute Gasteiger partial charge is 0.234 e. The lowest BCUT2D eigenvalue weighted by atomic mass is 10.2. The van der Waals surface area contributed by atoms with Crippen LogP contribution < -0.4 is 10.1 Å². The van der Waals surface area contributed by atoms with Crippen LogP contribution in [0.15, 0.2) is 53.7 Å². The third-order valence-corrected chi connectivity index (χ3v) is 4.72. The molecule has 0 aliphatic carbocycles. The molecule has 3 rings (SSSR count). The fourth-order valence-electron chi connectivity index (χ4n) is 2.43. The lowest BCUT2D eigenvalue weighted by Gasteiger charge is -2.09. The topological polar surface area (TPSA) is 69.0 Å². The molecule has 0 bridgehead atoms. The van der Waals surface area contributed by atoms with Crippen LogP contribution in [0.1, 0.15) is 11.4 Å². The van der Waals surface area contributed by atoms with Gasteiger partial charge in [0.05, 0.1) is 12.9 Å². The van der Waals surface area contributed by atoms with Gasteiger partial charge in [0.25, 0.3) is 0 Å². The zero-order chi connectivity index (χ0) is 18.5. The van der Waals surface area contributed by atoms with Gasteiger partial charge in [-0.2, -0.15) is 0 Å². The fourth-order valence-corrected chi connectivity index (χ4v) is 3.23. The minimum atomic E-state index is -0.0826. The quantitative estimate of drug-likeness (QED) is 0.673. The summed E-state index contributed by atoms with van der Waals surface area (Å²) in [5.41, 5.74) is 2.86. The molecular formula is C19H20N4O2S. The molecule has 7 heteroatoms. The second-order valence-electron chi connectivity index (χ2n) is 5.77. The van der Waals surface area contributed by atoms with Gasteiger partial charge in [-0.1, -0.05) is 29.5 Å². The van der Waals surface area contributed by atoms with E-state index in [0.717, 1.165) is 28.5 Å². The molecule has 6 nitrogen and oxygen atoms in total. The highest BCUT2D eigenvalue weighted by atomic mass is 32.2. The highest BCUT2D eigenvalue weighted by Gasteiger charge is 2.13. The van der Waals surface area contributed by atoms with E-state index in [9.17, 15) is 4.79 Å². The Morgan fingerprint density at radius 3 is 2.42 bits per heavy atom. The first-order valence-corrected chi connectivity index (χ1v) is 9.11. The van der Waals surface area contributed by atoms with Gasteiger partial charge in [0.15, 0.2) is 5.16 Å². The molecule has 0 saturated carbocycles. The van der Waals surface area contributed by atoms with Crippen LogP contribution >= 0.6 is 11.8 Å². The number of carbonyl (C=O) groups is 1. The zero-order valence-electron chi connectivity index (χ0n) is 14.9. The van der Waals surface area contributed by atoms with Crippen molar-refractivity contribution < 1.29 is 9.53 Å². The van der Waals surface area contributed by atoms with Crippen LogP contribution in [0.3, 0.4) is 0 Å². The zero-order valence-corrected chi connectivity index (χ0v) is 15.7. The number of hydrogen-bond donors (Lipinski definition) is 1. The Morgan fingerprint density at radius 2 is 1.77 bits per heavy atom. The number of amides is 1. The highest BCUT2D eigenvalue weighted by molar-refractivity contribution is 7.99. The largest absolute Gasteiger partial charge is 0.497 e. The van der Waals surface area contributed by atoms with Gasteiger partial charge in [-0.3, -0.25) is 9.36 Å². The van der Waals surface area contributed by atoms with Crippen molar-refractivity contribution >= 4 is 23.4 Å². The van der Waals surface area contributed by atoms with Crippen LogP contribution in [0.25, 0.3) is 5.69 Å². The van der Waals surface area contributed by atoms with Gasteiger partial charge < -0.3 is 10.1 Å². The van der Waals surface area contributed by atoms with E-state index in [1.807, 2.05) is 66.9 Å². The van der Waals surface area contributed by atoms with Crippen molar-refractivity contribution in [2.45, 2.75) is 19.0 Å². The molecule has 0 aliphatic rings. The molecule has 0 radical (unpaired) electrons. The summed E-state index contributed by atoms with van der Waals surface area (Å²) in [6.07, 6.45) is 0. The first kappa shape index (κ1) is 18.0. The van der Waals surface area contributed by atoms with Gasteiger partial charge in [-0.25, -0.2) is 0 Å². The molecule has 0 unspecified atom stereocenters. The first-order chi connectivity index (χ1) is 12.6. The highest BCUT2D eigenvalue weighted by Crippen LogP contribution is 2.23. The number of rotatable bonds is 6. The number of aryl methyl sites for hydroxylation is 2. The Labute approximate surface area is 156 Å². The number of anilines is 1. The molecule has 0 fully saturated rings. The summed E-state index contributed by atoms with van der Waals surface area (Å²) in [7, 11) is 1.63. The van der Waals surface area contributed by atoms with E-state index < -0.39 is 0 Å². The summed E-state index contributed by atoms with van der Waals surface area (Å²) in [6, 6.07) is 15.3. The van der Waals surface area contributed by atoms with Crippen molar-refractivity contribution in [1.82, 2.24) is 14.8 Å². The van der Waals surface area contributed by atoms with Crippen molar-refractivity contribution in [2.75, 3.05) is 18.2 Å². The number of aromatic nitrogens is 3. The summed E-state index contributed by atoms with van der Waals surface area (Å²) in [6.45, 7) is 3.89. The van der Waals surface area contributed by atoms with Gasteiger partial charge in [0.1, 0.15) is 11.6 Å². The van der Waals surface area contributed by atoms with Crippen LogP contribution in [-0.4, -0.2) is 33.5 Å². The number of nitrogens with zero attached hydrogens (tertiary/aromatic N) is 3. The molecule has 1 aromatic heterocycles. The van der Waals surface area contributed by atoms with E-state index in [1.54, 1.807) is 7.11 Å². The monoisotopic (exact) mass is 368 g/mol. The predicted molar refractivity (Wildman–Crippen MR) is 103 cm³/mol. The van der Waals surface area contributed by atoms with Crippen molar-refractivity contribution in [1.29, 1.82) is 0 Å². The van der Waals surface area contributed by atoms with Crippen molar-refractivity contribution in [2.24, 2.45) is 0 Å². The number of nitrogens with one attached hydrogen (secondary N) is 1. The van der Waals surface area contributed by atoms with Crippen LogP contribution in [0.5, 0.6) is 5.75 Å². The van der Waals surface area contributed by atoms with Crippen LogP contribution in [0, 0.1) is 13.8 Å². The number of ether oxygens (including phenoxy) is 1. The van der Waals surface area contributed by atoms with E-state index in [-0.39, 0.29) is 11.7 Å². The van der Waals surface area contributed by atoms with Gasteiger partial charge >= 0.3 is 0 Å². The Morgan fingerprint density at radius 1 is 1.08 bits per heavy atom. The van der Waals surface area contributed by atoms with Crippen molar-refractivity contribution in [3.05, 3.63) is 59.9 Å². The Kier molecular flexibility index (Phi) is 5.58. The van der Waals surface area contributed by atoms with Crippen LogP contribution in [-0.2, 0) is 4.79 Å². The third-order valence-electron chi connectivity index (χ3n) is 3.79. The molecule has 1 amide bonds. The summed E-state index contributed by atoms with van der Waals surface area (Å²) in [5, 5.41) is 11.9. The van der Waals surface area contributed by atoms with E-state index >= 15 is 0 Å². The summed E-state index contributed by atoms with van der Waals surface area (Å²) < 4.78 is 7.11. The maximum absolute atomic E-state index is 12.2. The Hall–Kier alpha value is -2.80. The second kappa shape index (κ2) is 8.05. The van der Waals surface area contributed by atoms with Crippen LogP contribution in [0.2, 0.25) is 0 Å². The number of carbonyl (C=O) groups excluding carboxylic acids is 1. The standard InChI is InChI=1S/C19H20N4O2S/c1-13-4-6-15(7-5-13)20-18(24)12-26-19-22-21-14(2)23(19)16-8-10-17(25-3)11-9-16/h4-11H,12H2,1-3H3,(H,20,24). The van der Waals surface area contributed by atoms with Gasteiger partial charge in [0, 0.05) is 11.4 Å². The predicted octanol–water partition coefficient (Wildman–Crippen LogP) is 3.62. The van der Waals surface area contributed by atoms with Gasteiger partial charge in [-0.05, 0) is 50.2 Å². The number of methoxy groups -OCH3 is 1. The SMILES string of the molecule is COc1ccc(-n2c(C)nnc2SCC(=O)Nc2ccc(C)cc2)cc1. The van der Waals surface area contributed by atoms with E-state index in [1.165, 1.54) is 11.8 Å². The maximum atomic E-state index is 12.2. The van der Waals surface area contributed by atoms with E-state index in [2.05, 4.69) is 15.5 Å². The maximum Gasteiger partial charge on any atom is 0.234 e. The molecule has 0 spiro atoms. The second-order valence-corrected chi connectivity index (χ2v) is 6.71. The average molecular weight is 368 g/mol. The van der Waals surface area contributed by atoms with E-state index in [4.69, 9.17) is 4.74 Å². The lowest BCUT2D eigenvalue weighted by molar-refractivity contribution is -0.113. The molecule has 26 heavy (non-hydrogen) atoms. The van der Waals surface area contributed by atoms with E-state index in [0.29, 0.717) is 5.16 Å². The van der Waals surface area contributed by atoms with Gasteiger partial charge in [0.2, 0.25) is 5.91 Å². The van der Waals surface area contributed by atoms with Crippen molar-refractivity contribution in [3.63, 3.8) is 0 Å². The number of benzene rings is 2. The normalized spacial score (nSPS) is 10.6. The first-order valence-electron chi connectivity index (χ1n) is 8.12. The van der Waals surface area contributed by atoms with Gasteiger partial charge in [-0.15, -0.1) is 10.2 Å². The molecule has 134 valence electrons. The Balaban J connectivity index is 1.68. The molecule has 0 aliphatic heterocycles. The van der Waals surface area contributed by atoms with Crippen molar-refractivity contribution in [3.8, 4) is 11.4 Å². The lowest BCUT2D eigenvalue weighted by Crippen LogP contribution is -2.14. The molecule has 0 atom stereocenters.